The smallest absolute Gasteiger partial charge is 0.251 e. The van der Waals surface area contributed by atoms with E-state index in [2.05, 4.69) is 53.3 Å². The fourth-order valence-corrected chi connectivity index (χ4v) is 3.70. The molecule has 0 aliphatic rings. The molecule has 144 valence electrons. The van der Waals surface area contributed by atoms with E-state index in [1.807, 2.05) is 35.8 Å². The predicted octanol–water partition coefficient (Wildman–Crippen LogP) is 4.56. The monoisotopic (exact) mass is 392 g/mol. The van der Waals surface area contributed by atoms with Crippen molar-refractivity contribution < 1.29 is 4.79 Å². The molecule has 0 spiro atoms. The van der Waals surface area contributed by atoms with Gasteiger partial charge in [-0.2, -0.15) is 0 Å². The van der Waals surface area contributed by atoms with Gasteiger partial charge in [0.25, 0.3) is 5.91 Å². The lowest BCUT2D eigenvalue weighted by Crippen LogP contribution is -2.28. The Bertz CT molecular complexity index is 935. The average Bonchev–Trinajstić information content (AvgIpc) is 3.11. The predicted molar refractivity (Wildman–Crippen MR) is 113 cm³/mol. The first-order chi connectivity index (χ1) is 13.6. The fourth-order valence-electron chi connectivity index (χ4n) is 2.79. The van der Waals surface area contributed by atoms with E-state index in [-0.39, 0.29) is 11.9 Å². The van der Waals surface area contributed by atoms with Gasteiger partial charge in [-0.3, -0.25) is 4.79 Å². The number of hydrogen-bond donors (Lipinski definition) is 1. The lowest BCUT2D eigenvalue weighted by Gasteiger charge is -2.15. The summed E-state index contributed by atoms with van der Waals surface area (Å²) in [5.74, 6) is 1.39. The Balaban J connectivity index is 1.72. The molecule has 0 unspecified atom stereocenters. The summed E-state index contributed by atoms with van der Waals surface area (Å²) >= 11 is 1.63. The summed E-state index contributed by atoms with van der Waals surface area (Å²) in [4.78, 5) is 12.4. The third-order valence-corrected chi connectivity index (χ3v) is 5.35. The van der Waals surface area contributed by atoms with E-state index in [0.29, 0.717) is 12.1 Å². The Hall–Kier alpha value is -2.86. The van der Waals surface area contributed by atoms with E-state index in [1.54, 1.807) is 23.9 Å². The maximum Gasteiger partial charge on any atom is 0.251 e. The van der Waals surface area contributed by atoms with Crippen molar-refractivity contribution in [1.29, 1.82) is 0 Å². The maximum atomic E-state index is 12.4. The van der Waals surface area contributed by atoms with Crippen molar-refractivity contribution in [2.75, 3.05) is 0 Å². The second kappa shape index (κ2) is 9.37. The minimum atomic E-state index is -0.270. The molecule has 0 saturated heterocycles. The van der Waals surface area contributed by atoms with Gasteiger partial charge >= 0.3 is 0 Å². The number of carbonyl (C=O) groups excluding carboxylic acids is 1. The van der Waals surface area contributed by atoms with E-state index in [0.717, 1.165) is 16.7 Å². The van der Waals surface area contributed by atoms with E-state index < -0.39 is 0 Å². The first-order valence-electron chi connectivity index (χ1n) is 9.16. The number of aryl methyl sites for hydroxylation is 1. The summed E-state index contributed by atoms with van der Waals surface area (Å²) in [7, 11) is 0. The quantitative estimate of drug-likeness (QED) is 0.451. The minimum absolute atomic E-state index is 0.130. The van der Waals surface area contributed by atoms with Crippen molar-refractivity contribution in [2.45, 2.75) is 37.3 Å². The molecular formula is C22H24N4OS. The number of nitrogens with zero attached hydrogens (tertiary/aromatic N) is 3. The van der Waals surface area contributed by atoms with Crippen molar-refractivity contribution in [3.8, 4) is 0 Å². The summed E-state index contributed by atoms with van der Waals surface area (Å²) in [6.07, 6.45) is 1.81. The van der Waals surface area contributed by atoms with Crippen LogP contribution < -0.4 is 5.32 Å². The molecule has 1 amide bonds. The second-order valence-electron chi connectivity index (χ2n) is 6.58. The van der Waals surface area contributed by atoms with Gasteiger partial charge in [-0.05, 0) is 31.5 Å². The number of aromatic nitrogens is 3. The number of carbonyl (C=O) groups is 1. The van der Waals surface area contributed by atoms with Crippen LogP contribution in [0.5, 0.6) is 0 Å². The highest BCUT2D eigenvalue weighted by atomic mass is 32.2. The average molecular weight is 393 g/mol. The van der Waals surface area contributed by atoms with Crippen molar-refractivity contribution >= 4 is 17.7 Å². The molecule has 2 aromatic carbocycles. The first kappa shape index (κ1) is 19.9. The topological polar surface area (TPSA) is 59.8 Å². The Morgan fingerprint density at radius 1 is 1.18 bits per heavy atom. The van der Waals surface area contributed by atoms with Crippen LogP contribution in [0.3, 0.4) is 0 Å². The SMILES string of the molecule is C=CCn1c(SCc2ccc(C)cc2)nnc1[C@@H](C)NC(=O)c1ccccc1. The van der Waals surface area contributed by atoms with E-state index >= 15 is 0 Å². The zero-order valence-electron chi connectivity index (χ0n) is 16.1. The standard InChI is InChI=1S/C22H24N4OS/c1-4-14-26-20(17(3)23-21(27)19-8-6-5-7-9-19)24-25-22(26)28-15-18-12-10-16(2)11-13-18/h4-13,17H,1,14-15H2,2-3H3,(H,23,27)/t17-/m1/s1. The van der Waals surface area contributed by atoms with Gasteiger partial charge in [-0.25, -0.2) is 0 Å². The van der Waals surface area contributed by atoms with Crippen LogP contribution in [0.4, 0.5) is 0 Å². The molecule has 0 radical (unpaired) electrons. The molecule has 0 bridgehead atoms. The maximum absolute atomic E-state index is 12.4. The van der Waals surface area contributed by atoms with Crippen LogP contribution in [0.25, 0.3) is 0 Å². The zero-order chi connectivity index (χ0) is 19.9. The van der Waals surface area contributed by atoms with Crippen LogP contribution >= 0.6 is 11.8 Å². The van der Waals surface area contributed by atoms with Crippen LogP contribution in [0.15, 0.2) is 72.4 Å². The van der Waals surface area contributed by atoms with Crippen molar-refractivity contribution in [3.63, 3.8) is 0 Å². The highest BCUT2D eigenvalue weighted by molar-refractivity contribution is 7.98. The Morgan fingerprint density at radius 3 is 2.57 bits per heavy atom. The number of benzene rings is 2. The number of rotatable bonds is 8. The van der Waals surface area contributed by atoms with Crippen LogP contribution in [-0.4, -0.2) is 20.7 Å². The van der Waals surface area contributed by atoms with Gasteiger partial charge in [0.2, 0.25) is 0 Å². The van der Waals surface area contributed by atoms with Crippen LogP contribution in [0.1, 0.15) is 40.3 Å². The molecule has 3 rings (SSSR count). The molecule has 0 fully saturated rings. The summed E-state index contributed by atoms with van der Waals surface area (Å²) in [6, 6.07) is 17.4. The summed E-state index contributed by atoms with van der Waals surface area (Å²) in [5, 5.41) is 12.5. The lowest BCUT2D eigenvalue weighted by atomic mass is 10.2. The fraction of sp³-hybridized carbons (Fsp3) is 0.227. The van der Waals surface area contributed by atoms with Gasteiger partial charge in [0, 0.05) is 17.9 Å². The minimum Gasteiger partial charge on any atom is -0.342 e. The number of thioether (sulfide) groups is 1. The Morgan fingerprint density at radius 2 is 1.89 bits per heavy atom. The normalized spacial score (nSPS) is 11.8. The van der Waals surface area contributed by atoms with E-state index in [9.17, 15) is 4.79 Å². The molecule has 0 aliphatic carbocycles. The van der Waals surface area contributed by atoms with Crippen molar-refractivity contribution in [3.05, 3.63) is 89.8 Å². The highest BCUT2D eigenvalue weighted by Crippen LogP contribution is 2.24. The Kier molecular flexibility index (Phi) is 6.66. The van der Waals surface area contributed by atoms with Crippen LogP contribution in [0, 0.1) is 6.92 Å². The third kappa shape index (κ3) is 4.89. The van der Waals surface area contributed by atoms with Crippen LogP contribution in [-0.2, 0) is 12.3 Å². The number of hydrogen-bond acceptors (Lipinski definition) is 4. The van der Waals surface area contributed by atoms with Gasteiger partial charge in [0.05, 0.1) is 6.04 Å². The number of nitrogens with one attached hydrogen (secondary N) is 1. The molecule has 1 atom stereocenters. The van der Waals surface area contributed by atoms with Crippen molar-refractivity contribution in [2.24, 2.45) is 0 Å². The lowest BCUT2D eigenvalue weighted by molar-refractivity contribution is 0.0937. The third-order valence-electron chi connectivity index (χ3n) is 4.32. The summed E-state index contributed by atoms with van der Waals surface area (Å²) in [6.45, 7) is 8.42. The Labute approximate surface area is 169 Å². The van der Waals surface area contributed by atoms with E-state index in [1.165, 1.54) is 11.1 Å². The molecule has 0 saturated carbocycles. The van der Waals surface area contributed by atoms with Gasteiger partial charge in [-0.1, -0.05) is 65.9 Å². The molecule has 1 aromatic heterocycles. The van der Waals surface area contributed by atoms with Gasteiger partial charge in [0.1, 0.15) is 0 Å². The molecule has 28 heavy (non-hydrogen) atoms. The summed E-state index contributed by atoms with van der Waals surface area (Å²) in [5.41, 5.74) is 3.10. The molecule has 5 nitrogen and oxygen atoms in total. The van der Waals surface area contributed by atoms with Gasteiger partial charge in [0.15, 0.2) is 11.0 Å². The first-order valence-corrected chi connectivity index (χ1v) is 10.1. The van der Waals surface area contributed by atoms with Gasteiger partial charge in [-0.15, -0.1) is 16.8 Å². The molecule has 1 N–H and O–H groups in total. The molecule has 3 aromatic rings. The number of amides is 1. The molecule has 0 aliphatic heterocycles. The molecule has 1 heterocycles. The molecular weight excluding hydrogens is 368 g/mol. The summed E-state index contributed by atoms with van der Waals surface area (Å²) < 4.78 is 2.00. The van der Waals surface area contributed by atoms with Gasteiger partial charge < -0.3 is 9.88 Å². The largest absolute Gasteiger partial charge is 0.342 e. The zero-order valence-corrected chi connectivity index (χ0v) is 16.9. The van der Waals surface area contributed by atoms with E-state index in [4.69, 9.17) is 0 Å². The van der Waals surface area contributed by atoms with Crippen LogP contribution in [0.2, 0.25) is 0 Å². The van der Waals surface area contributed by atoms with Crippen molar-refractivity contribution in [1.82, 2.24) is 20.1 Å². The highest BCUT2D eigenvalue weighted by Gasteiger charge is 2.19. The second-order valence-corrected chi connectivity index (χ2v) is 7.52. The molecule has 6 heteroatoms. The number of allylic oxidation sites excluding steroid dienone is 1.